The van der Waals surface area contributed by atoms with Crippen LogP contribution in [0.2, 0.25) is 0 Å². The van der Waals surface area contributed by atoms with Gasteiger partial charge in [-0.2, -0.15) is 0 Å². The maximum absolute atomic E-state index is 13.8. The van der Waals surface area contributed by atoms with Crippen molar-refractivity contribution in [2.75, 3.05) is 13.1 Å². The Kier molecular flexibility index (Phi) is 4.65. The molecule has 6 rings (SSSR count). The summed E-state index contributed by atoms with van der Waals surface area (Å²) in [6.07, 6.45) is 0. The van der Waals surface area contributed by atoms with Crippen LogP contribution in [0.5, 0.6) is 0 Å². The van der Waals surface area contributed by atoms with Gasteiger partial charge in [-0.05, 0) is 23.6 Å². The number of benzene rings is 3. The van der Waals surface area contributed by atoms with Crippen LogP contribution in [0.4, 0.5) is 0 Å². The number of aliphatic hydroxyl groups is 1. The number of fused-ring (bicyclic) bond motifs is 6. The number of ketones is 2. The monoisotopic (exact) mass is 437 g/mol. The molecule has 3 aromatic rings. The molecule has 33 heavy (non-hydrogen) atoms. The number of hydrogen-bond donors (Lipinski definition) is 1. The molecule has 1 heterocycles. The summed E-state index contributed by atoms with van der Waals surface area (Å²) in [5.41, 5.74) is 2.98. The first-order valence-corrected chi connectivity index (χ1v) is 11.7. The summed E-state index contributed by atoms with van der Waals surface area (Å²) in [7, 11) is 0. The average Bonchev–Trinajstić information content (AvgIpc) is 3.05. The molecular formula is C29H27NO3. The molecule has 0 unspecified atom stereocenters. The van der Waals surface area contributed by atoms with Crippen LogP contribution < -0.4 is 0 Å². The third kappa shape index (κ3) is 2.98. The van der Waals surface area contributed by atoms with Crippen LogP contribution >= 0.6 is 0 Å². The second kappa shape index (κ2) is 7.47. The fourth-order valence-electron chi connectivity index (χ4n) is 6.54. The van der Waals surface area contributed by atoms with Crippen LogP contribution in [-0.4, -0.2) is 34.7 Å². The Morgan fingerprint density at radius 2 is 1.61 bits per heavy atom. The lowest BCUT2D eigenvalue weighted by Gasteiger charge is -2.53. The van der Waals surface area contributed by atoms with Gasteiger partial charge < -0.3 is 5.11 Å². The summed E-state index contributed by atoms with van der Waals surface area (Å²) in [5, 5.41) is 12.3. The molecule has 166 valence electrons. The Morgan fingerprint density at radius 1 is 0.909 bits per heavy atom. The second-order valence-corrected chi connectivity index (χ2v) is 9.89. The quantitative estimate of drug-likeness (QED) is 0.670. The van der Waals surface area contributed by atoms with Crippen molar-refractivity contribution in [1.29, 1.82) is 0 Å². The molecule has 2 fully saturated rings. The number of carbonyl (C=O) groups is 2. The van der Waals surface area contributed by atoms with Crippen LogP contribution in [0.15, 0.2) is 78.9 Å². The van der Waals surface area contributed by atoms with Crippen molar-refractivity contribution in [3.63, 3.8) is 0 Å². The number of piperidine rings is 1. The average molecular weight is 438 g/mol. The maximum Gasteiger partial charge on any atom is 0.170 e. The van der Waals surface area contributed by atoms with Crippen molar-refractivity contribution in [3.05, 3.63) is 107 Å². The van der Waals surface area contributed by atoms with Gasteiger partial charge in [-0.15, -0.1) is 0 Å². The molecule has 2 aliphatic carbocycles. The van der Waals surface area contributed by atoms with E-state index in [1.165, 1.54) is 5.56 Å². The molecule has 3 aliphatic rings. The van der Waals surface area contributed by atoms with Gasteiger partial charge in [-0.3, -0.25) is 14.5 Å². The highest BCUT2D eigenvalue weighted by atomic mass is 16.3. The lowest BCUT2D eigenvalue weighted by atomic mass is 9.55. The van der Waals surface area contributed by atoms with Crippen molar-refractivity contribution < 1.29 is 14.7 Å². The Morgan fingerprint density at radius 3 is 2.36 bits per heavy atom. The molecule has 0 amide bonds. The van der Waals surface area contributed by atoms with Crippen LogP contribution in [0.25, 0.3) is 0 Å². The number of Topliss-reactive ketones (excluding diaryl/α,β-unsaturated/α-hetero) is 2. The maximum atomic E-state index is 13.8. The van der Waals surface area contributed by atoms with E-state index in [0.29, 0.717) is 24.2 Å². The van der Waals surface area contributed by atoms with Crippen molar-refractivity contribution >= 4 is 11.6 Å². The zero-order chi connectivity index (χ0) is 22.7. The third-order valence-corrected chi connectivity index (χ3v) is 8.02. The predicted molar refractivity (Wildman–Crippen MR) is 126 cm³/mol. The number of likely N-dealkylation sites (tertiary alicyclic amines) is 1. The fourth-order valence-corrected chi connectivity index (χ4v) is 6.54. The molecule has 4 nitrogen and oxygen atoms in total. The summed E-state index contributed by atoms with van der Waals surface area (Å²) < 4.78 is 0. The standard InChI is InChI=1S/C29H27NO3/c1-18-11-13-20(14-12-18)25-22-16-30(15-19-7-3-2-4-8-19)17-24(27(22)31)29(33)23-10-6-5-9-21(23)28(32)26(25)29/h2-14,22,24-26,33H,15-17H2,1H3/t22-,24-,25-,26-,29+/m0/s1. The topological polar surface area (TPSA) is 57.6 Å². The van der Waals surface area contributed by atoms with Crippen molar-refractivity contribution in [3.8, 4) is 0 Å². The van der Waals surface area contributed by atoms with Crippen molar-refractivity contribution in [2.24, 2.45) is 17.8 Å². The molecule has 4 heteroatoms. The zero-order valence-corrected chi connectivity index (χ0v) is 18.6. The van der Waals surface area contributed by atoms with Gasteiger partial charge in [0, 0.05) is 37.0 Å². The SMILES string of the molecule is Cc1ccc([C@H]2[C@@H]3CN(Cc4ccccc4)C[C@@H](C3=O)[C@]3(O)c4ccccc4C(=O)[C@H]23)cc1. The fraction of sp³-hybridized carbons (Fsp3) is 0.310. The summed E-state index contributed by atoms with van der Waals surface area (Å²) in [6.45, 7) is 3.80. The summed E-state index contributed by atoms with van der Waals surface area (Å²) >= 11 is 0. The van der Waals surface area contributed by atoms with Gasteiger partial charge in [-0.25, -0.2) is 0 Å². The van der Waals surface area contributed by atoms with Crippen molar-refractivity contribution in [2.45, 2.75) is 25.0 Å². The van der Waals surface area contributed by atoms with Crippen LogP contribution in [-0.2, 0) is 16.9 Å². The first-order valence-electron chi connectivity index (χ1n) is 11.7. The van der Waals surface area contributed by atoms with E-state index < -0.39 is 17.4 Å². The van der Waals surface area contributed by atoms with Gasteiger partial charge in [0.1, 0.15) is 11.4 Å². The molecule has 0 radical (unpaired) electrons. The van der Waals surface area contributed by atoms with E-state index in [2.05, 4.69) is 17.0 Å². The van der Waals surface area contributed by atoms with E-state index in [-0.39, 0.29) is 23.4 Å². The van der Waals surface area contributed by atoms with Gasteiger partial charge in [0.25, 0.3) is 0 Å². The predicted octanol–water partition coefficient (Wildman–Crippen LogP) is 4.11. The van der Waals surface area contributed by atoms with Gasteiger partial charge in [0.05, 0.1) is 11.8 Å². The number of rotatable bonds is 3. The van der Waals surface area contributed by atoms with Gasteiger partial charge in [0.2, 0.25) is 0 Å². The Bertz CT molecular complexity index is 1240. The molecule has 1 N–H and O–H groups in total. The Labute approximate surface area is 193 Å². The normalized spacial score (nSPS) is 30.7. The van der Waals surface area contributed by atoms with E-state index >= 15 is 0 Å². The lowest BCUT2D eigenvalue weighted by molar-refractivity contribution is -0.166. The second-order valence-electron chi connectivity index (χ2n) is 9.89. The van der Waals surface area contributed by atoms with Crippen LogP contribution in [0.1, 0.15) is 38.5 Å². The molecule has 3 aromatic carbocycles. The smallest absolute Gasteiger partial charge is 0.170 e. The number of nitrogens with zero attached hydrogens (tertiary/aromatic N) is 1. The molecule has 1 saturated heterocycles. The van der Waals surface area contributed by atoms with E-state index in [1.807, 2.05) is 67.6 Å². The summed E-state index contributed by atoms with van der Waals surface area (Å²) in [5.74, 6) is -1.86. The zero-order valence-electron chi connectivity index (χ0n) is 18.6. The van der Waals surface area contributed by atoms with E-state index in [9.17, 15) is 14.7 Å². The van der Waals surface area contributed by atoms with Gasteiger partial charge >= 0.3 is 0 Å². The summed E-state index contributed by atoms with van der Waals surface area (Å²) in [4.78, 5) is 29.8. The molecule has 0 aromatic heterocycles. The van der Waals surface area contributed by atoms with E-state index in [1.54, 1.807) is 6.07 Å². The van der Waals surface area contributed by atoms with Crippen LogP contribution in [0, 0.1) is 24.7 Å². The highest BCUT2D eigenvalue weighted by Gasteiger charge is 2.67. The minimum Gasteiger partial charge on any atom is -0.384 e. The largest absolute Gasteiger partial charge is 0.384 e. The lowest BCUT2D eigenvalue weighted by Crippen LogP contribution is -2.63. The number of hydrogen-bond acceptors (Lipinski definition) is 4. The minimum atomic E-state index is -1.48. The first kappa shape index (κ1) is 20.5. The third-order valence-electron chi connectivity index (χ3n) is 8.02. The van der Waals surface area contributed by atoms with Crippen molar-refractivity contribution in [1.82, 2.24) is 4.90 Å². The van der Waals surface area contributed by atoms with Gasteiger partial charge in [0.15, 0.2) is 5.78 Å². The highest BCUT2D eigenvalue weighted by molar-refractivity contribution is 6.07. The molecule has 2 bridgehead atoms. The Balaban J connectivity index is 1.49. The Hall–Kier alpha value is -3.08. The molecule has 5 atom stereocenters. The molecule has 0 spiro atoms. The van der Waals surface area contributed by atoms with E-state index in [0.717, 1.165) is 17.7 Å². The van der Waals surface area contributed by atoms with Gasteiger partial charge in [-0.1, -0.05) is 84.4 Å². The van der Waals surface area contributed by atoms with Crippen LogP contribution in [0.3, 0.4) is 0 Å². The highest BCUT2D eigenvalue weighted by Crippen LogP contribution is 2.59. The molecule has 1 saturated carbocycles. The number of aryl methyl sites for hydroxylation is 1. The minimum absolute atomic E-state index is 0.0299. The summed E-state index contributed by atoms with van der Waals surface area (Å²) in [6, 6.07) is 25.7. The first-order chi connectivity index (χ1) is 16.0. The molecule has 1 aliphatic heterocycles. The number of carbonyl (C=O) groups excluding carboxylic acids is 2. The van der Waals surface area contributed by atoms with E-state index in [4.69, 9.17) is 0 Å². The molecular weight excluding hydrogens is 410 g/mol.